The van der Waals surface area contributed by atoms with E-state index in [0.29, 0.717) is 9.50 Å². The van der Waals surface area contributed by atoms with Crippen LogP contribution in [0, 0.1) is 10.1 Å². The average Bonchev–Trinajstić information content (AvgIpc) is 2.80. The molecule has 0 aliphatic carbocycles. The maximum absolute atomic E-state index is 12.3. The van der Waals surface area contributed by atoms with E-state index in [1.807, 2.05) is 0 Å². The molecule has 2 aromatic carbocycles. The van der Waals surface area contributed by atoms with Crippen molar-refractivity contribution in [2.75, 3.05) is 17.5 Å². The number of rotatable bonds is 9. The van der Waals surface area contributed by atoms with Crippen LogP contribution < -0.4 is 26.4 Å². The van der Waals surface area contributed by atoms with E-state index in [9.17, 15) is 19.7 Å². The number of ether oxygens (including phenoxy) is 1. The number of anilines is 2. The molecule has 0 aliphatic heterocycles. The van der Waals surface area contributed by atoms with Gasteiger partial charge in [-0.05, 0) is 46.3 Å². The predicted molar refractivity (Wildman–Crippen MR) is 128 cm³/mol. The fraction of sp³-hybridized carbons (Fsp3) is 0.0526. The molecule has 176 valence electrons. The second kappa shape index (κ2) is 11.4. The summed E-state index contributed by atoms with van der Waals surface area (Å²) in [6.07, 6.45) is 0.998. The zero-order valence-corrected chi connectivity index (χ0v) is 19.9. The summed E-state index contributed by atoms with van der Waals surface area (Å²) in [5.41, 5.74) is 8.93. The number of aromatic nitrogens is 2. The third-order valence-electron chi connectivity index (χ3n) is 3.99. The van der Waals surface area contributed by atoms with E-state index in [1.54, 1.807) is 24.3 Å². The van der Waals surface area contributed by atoms with E-state index in [-0.39, 0.29) is 28.0 Å². The van der Waals surface area contributed by atoms with E-state index in [0.717, 1.165) is 6.33 Å². The third-order valence-corrected chi connectivity index (χ3v) is 5.21. The number of nitro groups is 1. The van der Waals surface area contributed by atoms with Crippen molar-refractivity contribution in [3.05, 3.63) is 79.0 Å². The summed E-state index contributed by atoms with van der Waals surface area (Å²) in [5.74, 6) is -1.68. The van der Waals surface area contributed by atoms with Crippen LogP contribution in [0.3, 0.4) is 0 Å². The monoisotopic (exact) mass is 569 g/mol. The molecule has 0 saturated carbocycles. The van der Waals surface area contributed by atoms with Crippen LogP contribution in [0.25, 0.3) is 0 Å². The molecule has 0 spiro atoms. The molecule has 1 aromatic heterocycles. The smallest absolute Gasteiger partial charge is 0.356 e. The Morgan fingerprint density at radius 2 is 1.74 bits per heavy atom. The average molecular weight is 571 g/mol. The van der Waals surface area contributed by atoms with E-state index in [1.165, 1.54) is 18.2 Å². The van der Waals surface area contributed by atoms with Gasteiger partial charge in [0.25, 0.3) is 11.8 Å². The van der Waals surface area contributed by atoms with Gasteiger partial charge in [-0.1, -0.05) is 35.3 Å². The molecule has 0 radical (unpaired) electrons. The number of hydrazine groups is 2. The minimum atomic E-state index is -0.786. The van der Waals surface area contributed by atoms with Crippen molar-refractivity contribution < 1.29 is 19.2 Å². The number of nitrogens with zero attached hydrogens (tertiary/aromatic N) is 3. The van der Waals surface area contributed by atoms with Crippen LogP contribution in [-0.4, -0.2) is 33.3 Å². The van der Waals surface area contributed by atoms with Crippen molar-refractivity contribution in [1.29, 1.82) is 0 Å². The van der Waals surface area contributed by atoms with Gasteiger partial charge in [0.05, 0.1) is 15.5 Å². The first-order valence-electron chi connectivity index (χ1n) is 9.19. The number of nitrogens with one attached hydrogen (secondary N) is 4. The number of hydrogen-bond acceptors (Lipinski definition) is 9. The zero-order chi connectivity index (χ0) is 24.7. The first kappa shape index (κ1) is 25.0. The summed E-state index contributed by atoms with van der Waals surface area (Å²) in [6, 6.07) is 11.1. The lowest BCUT2D eigenvalue weighted by molar-refractivity contribution is -0.383. The lowest BCUT2D eigenvalue weighted by Gasteiger charge is -2.12. The topological polar surface area (TPSA) is 160 Å². The van der Waals surface area contributed by atoms with Crippen LogP contribution in [-0.2, 0) is 4.79 Å². The fourth-order valence-corrected chi connectivity index (χ4v) is 3.39. The van der Waals surface area contributed by atoms with Gasteiger partial charge in [0.2, 0.25) is 11.6 Å². The summed E-state index contributed by atoms with van der Waals surface area (Å²) in [5, 5.41) is 12.2. The molecule has 12 nitrogen and oxygen atoms in total. The summed E-state index contributed by atoms with van der Waals surface area (Å²) in [6.45, 7) is -0.458. The van der Waals surface area contributed by atoms with Crippen LogP contribution in [0.5, 0.6) is 5.75 Å². The molecule has 4 N–H and O–H groups in total. The van der Waals surface area contributed by atoms with E-state index >= 15 is 0 Å². The summed E-state index contributed by atoms with van der Waals surface area (Å²) in [7, 11) is 0. The number of carbonyl (C=O) groups excluding carboxylic acids is 2. The predicted octanol–water partition coefficient (Wildman–Crippen LogP) is 3.73. The first-order valence-corrected chi connectivity index (χ1v) is 10.7. The molecular weight excluding hydrogens is 557 g/mol. The van der Waals surface area contributed by atoms with Gasteiger partial charge < -0.3 is 4.74 Å². The molecular formula is C19H14BrCl2N7O5. The number of benzene rings is 2. The van der Waals surface area contributed by atoms with Crippen molar-refractivity contribution in [3.8, 4) is 5.75 Å². The van der Waals surface area contributed by atoms with Gasteiger partial charge in [-0.25, -0.2) is 9.97 Å². The molecule has 0 atom stereocenters. The zero-order valence-electron chi connectivity index (χ0n) is 16.8. The largest absolute Gasteiger partial charge is 0.482 e. The highest BCUT2D eigenvalue weighted by atomic mass is 79.9. The normalized spacial score (nSPS) is 10.2. The molecule has 0 aliphatic rings. The summed E-state index contributed by atoms with van der Waals surface area (Å²) >= 11 is 15.0. The van der Waals surface area contributed by atoms with Gasteiger partial charge in [0.15, 0.2) is 6.61 Å². The highest BCUT2D eigenvalue weighted by molar-refractivity contribution is 9.10. The second-order valence-corrected chi connectivity index (χ2v) is 7.97. The molecule has 15 heteroatoms. The Bertz CT molecular complexity index is 1250. The Morgan fingerprint density at radius 3 is 2.38 bits per heavy atom. The Hall–Kier alpha value is -3.68. The molecule has 0 bridgehead atoms. The minimum absolute atomic E-state index is 0.208. The third kappa shape index (κ3) is 6.43. The highest BCUT2D eigenvalue weighted by Gasteiger charge is 2.24. The molecule has 34 heavy (non-hydrogen) atoms. The van der Waals surface area contributed by atoms with Gasteiger partial charge in [0, 0.05) is 9.50 Å². The van der Waals surface area contributed by atoms with Crippen molar-refractivity contribution in [2.45, 2.75) is 0 Å². The van der Waals surface area contributed by atoms with E-state index in [4.69, 9.17) is 27.9 Å². The number of halogens is 3. The summed E-state index contributed by atoms with van der Waals surface area (Å²) < 4.78 is 5.81. The Kier molecular flexibility index (Phi) is 8.40. The Labute approximate surface area is 210 Å². The molecule has 3 aromatic rings. The lowest BCUT2D eigenvalue weighted by Crippen LogP contribution is -2.35. The molecule has 2 amide bonds. The SMILES string of the molecule is O=C(COc1ccc(Cl)cc1Cl)NNc1ncnc(NNC(=O)c2ccccc2Br)c1[N+](=O)[O-]. The lowest BCUT2D eigenvalue weighted by atomic mass is 10.2. The standard InChI is InChI=1S/C19H14BrCl2N7O5/c20-12-4-2-1-3-11(12)19(31)28-27-18-16(29(32)33)17(23-9-24-18)26-25-15(30)8-34-14-6-5-10(21)7-13(14)22/h1-7,9H,8H2,(H,25,30)(H,28,31)(H2,23,24,26,27). The van der Waals surface area contributed by atoms with Gasteiger partial charge in [-0.2, -0.15) is 0 Å². The summed E-state index contributed by atoms with van der Waals surface area (Å²) in [4.78, 5) is 42.8. The van der Waals surface area contributed by atoms with Gasteiger partial charge in [-0.15, -0.1) is 0 Å². The molecule has 0 fully saturated rings. The van der Waals surface area contributed by atoms with Crippen molar-refractivity contribution in [3.63, 3.8) is 0 Å². The Morgan fingerprint density at radius 1 is 1.06 bits per heavy atom. The fourth-order valence-electron chi connectivity index (χ4n) is 2.46. The van der Waals surface area contributed by atoms with E-state index in [2.05, 4.69) is 47.6 Å². The Balaban J connectivity index is 1.64. The minimum Gasteiger partial charge on any atom is -0.482 e. The molecule has 0 unspecified atom stereocenters. The van der Waals surface area contributed by atoms with Crippen LogP contribution >= 0.6 is 39.1 Å². The van der Waals surface area contributed by atoms with Gasteiger partial charge in [-0.3, -0.25) is 41.4 Å². The van der Waals surface area contributed by atoms with Crippen molar-refractivity contribution in [1.82, 2.24) is 20.8 Å². The maximum atomic E-state index is 12.3. The maximum Gasteiger partial charge on any atom is 0.356 e. The van der Waals surface area contributed by atoms with Gasteiger partial charge in [0.1, 0.15) is 12.1 Å². The molecule has 1 heterocycles. The highest BCUT2D eigenvalue weighted by Crippen LogP contribution is 2.29. The molecule has 0 saturated heterocycles. The quantitative estimate of drug-likeness (QED) is 0.222. The van der Waals surface area contributed by atoms with E-state index < -0.39 is 29.0 Å². The van der Waals surface area contributed by atoms with Crippen LogP contribution in [0.1, 0.15) is 10.4 Å². The van der Waals surface area contributed by atoms with Crippen molar-refractivity contribution in [2.24, 2.45) is 0 Å². The van der Waals surface area contributed by atoms with Crippen molar-refractivity contribution >= 4 is 68.3 Å². The number of hydrogen-bond donors (Lipinski definition) is 4. The van der Waals surface area contributed by atoms with Crippen LogP contribution in [0.15, 0.2) is 53.3 Å². The first-order chi connectivity index (χ1) is 16.3. The number of carbonyl (C=O) groups is 2. The van der Waals surface area contributed by atoms with Crippen LogP contribution in [0.2, 0.25) is 10.0 Å². The van der Waals surface area contributed by atoms with Crippen LogP contribution in [0.4, 0.5) is 17.3 Å². The molecule has 3 rings (SSSR count). The second-order valence-electron chi connectivity index (χ2n) is 6.27. The van der Waals surface area contributed by atoms with Gasteiger partial charge >= 0.3 is 5.69 Å². The number of amides is 2.